The Kier molecular flexibility index (Phi) is 5.83. The number of aromatic nitrogens is 1. The van der Waals surface area contributed by atoms with Crippen molar-refractivity contribution in [3.63, 3.8) is 0 Å². The van der Waals surface area contributed by atoms with Gasteiger partial charge in [0.1, 0.15) is 5.82 Å². The highest BCUT2D eigenvalue weighted by molar-refractivity contribution is 6.74. The topological polar surface area (TPSA) is 57.4 Å². The van der Waals surface area contributed by atoms with Gasteiger partial charge in [0.15, 0.2) is 8.32 Å². The van der Waals surface area contributed by atoms with Crippen molar-refractivity contribution in [2.24, 2.45) is 0 Å². The second-order valence-corrected chi connectivity index (χ2v) is 14.0. The van der Waals surface area contributed by atoms with E-state index in [-0.39, 0.29) is 22.5 Å². The smallest absolute Gasteiger partial charge is 0.256 e. The third-order valence-electron chi connectivity index (χ3n) is 6.30. The predicted molar refractivity (Wildman–Crippen MR) is 115 cm³/mol. The molecule has 0 aliphatic carbocycles. The molecule has 2 aromatic rings. The number of nitrogens with one attached hydrogen (secondary N) is 2. The molecule has 1 aliphatic heterocycles. The fourth-order valence-corrected chi connectivity index (χ4v) is 4.62. The Bertz CT molecular complexity index is 920. The number of hydrogen-bond acceptors (Lipinski definition) is 4. The zero-order valence-corrected chi connectivity index (χ0v) is 18.8. The number of rotatable bonds is 5. The second kappa shape index (κ2) is 7.70. The monoisotopic (exact) mass is 405 g/mol. The minimum Gasteiger partial charge on any atom is -0.416 e. The van der Waals surface area contributed by atoms with E-state index in [2.05, 4.69) is 49.1 Å². The van der Waals surface area contributed by atoms with Gasteiger partial charge < -0.3 is 14.7 Å². The normalized spacial score (nSPS) is 18.5. The van der Waals surface area contributed by atoms with Crippen LogP contribution in [0.15, 0.2) is 23.0 Å². The van der Waals surface area contributed by atoms with Gasteiger partial charge in [-0.15, -0.1) is 0 Å². The number of benzene rings is 1. The average Bonchev–Trinajstić information content (AvgIpc) is 2.60. The molecule has 0 radical (unpaired) electrons. The lowest BCUT2D eigenvalue weighted by atomic mass is 9.94. The molecule has 7 heteroatoms. The van der Waals surface area contributed by atoms with E-state index in [9.17, 15) is 9.18 Å². The van der Waals surface area contributed by atoms with E-state index in [4.69, 9.17) is 4.43 Å². The van der Waals surface area contributed by atoms with Gasteiger partial charge in [-0.25, -0.2) is 4.39 Å². The minimum absolute atomic E-state index is 0.0708. The van der Waals surface area contributed by atoms with Crippen molar-refractivity contribution in [2.45, 2.75) is 51.5 Å². The SMILES string of the molecule is CNC1CN(CCO[Si](C)(C)C(C)(C)C)Cc2[nH]c(=O)c3cc(F)ccc3c21. The van der Waals surface area contributed by atoms with Gasteiger partial charge in [0.05, 0.1) is 5.39 Å². The molecular weight excluding hydrogens is 373 g/mol. The molecule has 1 atom stereocenters. The first-order valence-electron chi connectivity index (χ1n) is 9.91. The summed E-state index contributed by atoms with van der Waals surface area (Å²) in [5.41, 5.74) is 1.74. The molecule has 0 amide bonds. The highest BCUT2D eigenvalue weighted by atomic mass is 28.4. The molecule has 3 rings (SSSR count). The molecule has 0 spiro atoms. The van der Waals surface area contributed by atoms with Crippen LogP contribution in [0.25, 0.3) is 10.8 Å². The summed E-state index contributed by atoms with van der Waals surface area (Å²) in [6.07, 6.45) is 0. The lowest BCUT2D eigenvalue weighted by Crippen LogP contribution is -2.45. The van der Waals surface area contributed by atoms with Crippen LogP contribution in [0.4, 0.5) is 4.39 Å². The van der Waals surface area contributed by atoms with Gasteiger partial charge in [0.2, 0.25) is 0 Å². The van der Waals surface area contributed by atoms with Crippen molar-refractivity contribution in [2.75, 3.05) is 26.7 Å². The predicted octanol–water partition coefficient (Wildman–Crippen LogP) is 3.77. The molecule has 2 heterocycles. The van der Waals surface area contributed by atoms with Gasteiger partial charge in [-0.3, -0.25) is 9.69 Å². The summed E-state index contributed by atoms with van der Waals surface area (Å²) in [5, 5.41) is 4.79. The van der Waals surface area contributed by atoms with E-state index in [1.54, 1.807) is 6.07 Å². The summed E-state index contributed by atoms with van der Waals surface area (Å²) in [7, 11) is 0.149. The third-order valence-corrected chi connectivity index (χ3v) is 10.8. The van der Waals surface area contributed by atoms with Crippen LogP contribution >= 0.6 is 0 Å². The van der Waals surface area contributed by atoms with Crippen molar-refractivity contribution in [1.82, 2.24) is 15.2 Å². The fraction of sp³-hybridized carbons (Fsp3) is 0.571. The largest absolute Gasteiger partial charge is 0.416 e. The highest BCUT2D eigenvalue weighted by Gasteiger charge is 2.37. The van der Waals surface area contributed by atoms with E-state index in [0.717, 1.165) is 29.7 Å². The van der Waals surface area contributed by atoms with Gasteiger partial charge in [-0.05, 0) is 48.3 Å². The van der Waals surface area contributed by atoms with Crippen LogP contribution in [-0.2, 0) is 11.0 Å². The highest BCUT2D eigenvalue weighted by Crippen LogP contribution is 2.36. The zero-order valence-electron chi connectivity index (χ0n) is 17.8. The molecule has 2 N–H and O–H groups in total. The van der Waals surface area contributed by atoms with Gasteiger partial charge in [0.25, 0.3) is 5.56 Å². The maximum absolute atomic E-state index is 13.6. The Morgan fingerprint density at radius 2 is 2.04 bits per heavy atom. The Morgan fingerprint density at radius 3 is 2.68 bits per heavy atom. The van der Waals surface area contributed by atoms with Gasteiger partial charge in [-0.2, -0.15) is 0 Å². The van der Waals surface area contributed by atoms with Crippen LogP contribution in [0, 0.1) is 5.82 Å². The molecule has 1 aromatic heterocycles. The van der Waals surface area contributed by atoms with Crippen LogP contribution in [0.5, 0.6) is 0 Å². The van der Waals surface area contributed by atoms with Crippen molar-refractivity contribution >= 4 is 19.1 Å². The number of H-pyrrole nitrogens is 1. The van der Waals surface area contributed by atoms with Crippen molar-refractivity contribution in [3.05, 3.63) is 45.6 Å². The molecule has 0 saturated carbocycles. The third kappa shape index (κ3) is 4.08. The maximum Gasteiger partial charge on any atom is 0.256 e. The van der Waals surface area contributed by atoms with Crippen LogP contribution in [0.2, 0.25) is 18.1 Å². The summed E-state index contributed by atoms with van der Waals surface area (Å²) in [5.74, 6) is -0.390. The van der Waals surface area contributed by atoms with E-state index < -0.39 is 8.32 Å². The van der Waals surface area contributed by atoms with Crippen LogP contribution in [0.1, 0.15) is 38.1 Å². The fourth-order valence-electron chi connectivity index (χ4n) is 3.59. The summed E-state index contributed by atoms with van der Waals surface area (Å²) in [6.45, 7) is 14.2. The van der Waals surface area contributed by atoms with Gasteiger partial charge >= 0.3 is 0 Å². The quantitative estimate of drug-likeness (QED) is 0.744. The summed E-state index contributed by atoms with van der Waals surface area (Å²) in [6, 6.07) is 4.54. The lowest BCUT2D eigenvalue weighted by molar-refractivity contribution is 0.167. The first-order valence-corrected chi connectivity index (χ1v) is 12.8. The molecule has 1 aliphatic rings. The van der Waals surface area contributed by atoms with Crippen molar-refractivity contribution in [1.29, 1.82) is 0 Å². The summed E-state index contributed by atoms with van der Waals surface area (Å²) in [4.78, 5) is 17.8. The minimum atomic E-state index is -1.77. The standard InChI is InChI=1S/C21H32FN3O2Si/c1-21(2,3)28(5,6)27-10-9-25-12-17(23-4)19-15-8-7-14(22)11-16(15)20(26)24-18(19)13-25/h7-8,11,17,23H,9-10,12-13H2,1-6H3,(H,24,26). The van der Waals surface area contributed by atoms with Crippen molar-refractivity contribution in [3.8, 4) is 0 Å². The number of nitrogens with zero attached hydrogens (tertiary/aromatic N) is 1. The summed E-state index contributed by atoms with van der Waals surface area (Å²) < 4.78 is 19.9. The Labute approximate surface area is 167 Å². The molecule has 154 valence electrons. The lowest BCUT2D eigenvalue weighted by Gasteiger charge is -2.38. The Morgan fingerprint density at radius 1 is 1.32 bits per heavy atom. The number of hydrogen-bond donors (Lipinski definition) is 2. The van der Waals surface area contributed by atoms with Gasteiger partial charge in [-0.1, -0.05) is 26.8 Å². The first-order chi connectivity index (χ1) is 13.0. The molecular formula is C21H32FN3O2Si. The Hall–Kier alpha value is -1.54. The molecule has 28 heavy (non-hydrogen) atoms. The Balaban J connectivity index is 1.82. The molecule has 0 saturated heterocycles. The average molecular weight is 406 g/mol. The molecule has 0 fully saturated rings. The van der Waals surface area contributed by atoms with Crippen LogP contribution in [0.3, 0.4) is 0 Å². The van der Waals surface area contributed by atoms with Gasteiger partial charge in [0, 0.05) is 38.0 Å². The van der Waals surface area contributed by atoms with Crippen LogP contribution < -0.4 is 10.9 Å². The summed E-state index contributed by atoms with van der Waals surface area (Å²) >= 11 is 0. The molecule has 5 nitrogen and oxygen atoms in total. The van der Waals surface area contributed by atoms with Crippen molar-refractivity contribution < 1.29 is 8.82 Å². The molecule has 1 unspecified atom stereocenters. The number of halogens is 1. The molecule has 1 aromatic carbocycles. The van der Waals surface area contributed by atoms with E-state index >= 15 is 0 Å². The van der Waals surface area contributed by atoms with Crippen LogP contribution in [-0.4, -0.2) is 44.9 Å². The second-order valence-electron chi connectivity index (χ2n) is 9.22. The van der Waals surface area contributed by atoms with E-state index in [1.165, 1.54) is 12.1 Å². The molecule has 0 bridgehead atoms. The number of aromatic amines is 1. The first kappa shape index (κ1) is 21.2. The van der Waals surface area contributed by atoms with E-state index in [0.29, 0.717) is 18.5 Å². The van der Waals surface area contributed by atoms with E-state index in [1.807, 2.05) is 7.05 Å². The number of likely N-dealkylation sites (N-methyl/N-ethyl adjacent to an activating group) is 1. The maximum atomic E-state index is 13.6. The number of fused-ring (bicyclic) bond motifs is 3. The number of pyridine rings is 1. The zero-order chi connectivity index (χ0) is 20.7.